The van der Waals surface area contributed by atoms with Crippen LogP contribution in [0.3, 0.4) is 0 Å². The molecule has 82 valence electrons. The Balaban J connectivity index is 2.17. The Hall–Kier alpha value is -1.95. The van der Waals surface area contributed by atoms with E-state index in [0.717, 1.165) is 11.5 Å². The first-order chi connectivity index (χ1) is 7.66. The zero-order chi connectivity index (χ0) is 11.5. The van der Waals surface area contributed by atoms with E-state index in [0.29, 0.717) is 21.9 Å². The number of hydrogen-bond acceptors (Lipinski definition) is 5. The lowest BCUT2D eigenvalue weighted by atomic mass is 10.2. The van der Waals surface area contributed by atoms with Gasteiger partial charge in [-0.05, 0) is 36.7 Å². The van der Waals surface area contributed by atoms with Gasteiger partial charge in [0.25, 0.3) is 5.91 Å². The third-order valence-corrected chi connectivity index (χ3v) is 2.83. The van der Waals surface area contributed by atoms with E-state index in [-0.39, 0.29) is 5.91 Å². The Morgan fingerprint density at radius 2 is 2.31 bits per heavy atom. The number of nitrogens with zero attached hydrogens (tertiary/aromatic N) is 2. The molecule has 1 aromatic carbocycles. The summed E-state index contributed by atoms with van der Waals surface area (Å²) >= 11 is 1.08. The van der Waals surface area contributed by atoms with E-state index in [1.54, 1.807) is 31.2 Å². The summed E-state index contributed by atoms with van der Waals surface area (Å²) in [6.45, 7) is 1.75. The SMILES string of the molecule is Cc1nnsc1C(=O)Nc1cccc(N)c1. The highest BCUT2D eigenvalue weighted by molar-refractivity contribution is 7.08. The molecule has 0 fully saturated rings. The zero-order valence-electron chi connectivity index (χ0n) is 8.60. The van der Waals surface area contributed by atoms with Crippen LogP contribution in [-0.2, 0) is 0 Å². The molecule has 2 rings (SSSR count). The first-order valence-corrected chi connectivity index (χ1v) is 5.40. The Kier molecular flexibility index (Phi) is 2.82. The Bertz CT molecular complexity index is 523. The van der Waals surface area contributed by atoms with Crippen LogP contribution in [0, 0.1) is 6.92 Å². The summed E-state index contributed by atoms with van der Waals surface area (Å²) in [4.78, 5) is 12.3. The number of carbonyl (C=O) groups excluding carboxylic acids is 1. The van der Waals surface area contributed by atoms with Crippen molar-refractivity contribution >= 4 is 28.8 Å². The van der Waals surface area contributed by atoms with Gasteiger partial charge in [-0.3, -0.25) is 4.79 Å². The minimum Gasteiger partial charge on any atom is -0.399 e. The number of anilines is 2. The maximum Gasteiger partial charge on any atom is 0.269 e. The molecule has 6 heteroatoms. The van der Waals surface area contributed by atoms with Gasteiger partial charge in [-0.2, -0.15) is 0 Å². The summed E-state index contributed by atoms with van der Waals surface area (Å²) in [6, 6.07) is 7.01. The van der Waals surface area contributed by atoms with Gasteiger partial charge in [-0.15, -0.1) is 5.10 Å². The average Bonchev–Trinajstić information content (AvgIpc) is 2.64. The van der Waals surface area contributed by atoms with Crippen LogP contribution in [0.4, 0.5) is 11.4 Å². The molecule has 16 heavy (non-hydrogen) atoms. The summed E-state index contributed by atoms with van der Waals surface area (Å²) in [7, 11) is 0. The summed E-state index contributed by atoms with van der Waals surface area (Å²) in [5.74, 6) is -0.210. The van der Waals surface area contributed by atoms with Crippen molar-refractivity contribution in [3.8, 4) is 0 Å². The summed E-state index contributed by atoms with van der Waals surface area (Å²) in [5, 5.41) is 6.52. The van der Waals surface area contributed by atoms with Gasteiger partial charge in [0.05, 0.1) is 5.69 Å². The van der Waals surface area contributed by atoms with E-state index in [4.69, 9.17) is 5.73 Å². The van der Waals surface area contributed by atoms with Crippen molar-refractivity contribution in [3.63, 3.8) is 0 Å². The molecular formula is C10H10N4OS. The maximum atomic E-state index is 11.8. The van der Waals surface area contributed by atoms with E-state index < -0.39 is 0 Å². The lowest BCUT2D eigenvalue weighted by Crippen LogP contribution is -2.11. The van der Waals surface area contributed by atoms with Gasteiger partial charge < -0.3 is 11.1 Å². The van der Waals surface area contributed by atoms with Crippen LogP contribution >= 0.6 is 11.5 Å². The molecule has 0 aliphatic carbocycles. The molecule has 2 aromatic rings. The molecule has 0 saturated heterocycles. The first-order valence-electron chi connectivity index (χ1n) is 4.62. The molecule has 5 nitrogen and oxygen atoms in total. The number of nitrogens with two attached hydrogens (primary N) is 1. The van der Waals surface area contributed by atoms with Crippen LogP contribution in [0.25, 0.3) is 0 Å². The molecule has 0 aliphatic heterocycles. The summed E-state index contributed by atoms with van der Waals surface area (Å²) in [6.07, 6.45) is 0. The van der Waals surface area contributed by atoms with Crippen molar-refractivity contribution in [2.24, 2.45) is 0 Å². The van der Waals surface area contributed by atoms with Crippen LogP contribution in [0.5, 0.6) is 0 Å². The molecule has 1 aromatic heterocycles. The van der Waals surface area contributed by atoms with Gasteiger partial charge in [0, 0.05) is 11.4 Å². The third kappa shape index (κ3) is 2.17. The molecule has 0 aliphatic rings. The topological polar surface area (TPSA) is 80.9 Å². The van der Waals surface area contributed by atoms with Gasteiger partial charge in [0.2, 0.25) is 0 Å². The van der Waals surface area contributed by atoms with E-state index >= 15 is 0 Å². The number of nitrogen functional groups attached to an aromatic ring is 1. The molecular weight excluding hydrogens is 224 g/mol. The summed E-state index contributed by atoms with van der Waals surface area (Å²) < 4.78 is 3.71. The average molecular weight is 234 g/mol. The van der Waals surface area contributed by atoms with E-state index in [1.807, 2.05) is 0 Å². The molecule has 0 atom stereocenters. The number of rotatable bonds is 2. The normalized spacial score (nSPS) is 10.1. The van der Waals surface area contributed by atoms with Crippen molar-refractivity contribution in [1.29, 1.82) is 0 Å². The second kappa shape index (κ2) is 4.28. The number of nitrogens with one attached hydrogen (secondary N) is 1. The van der Waals surface area contributed by atoms with Crippen molar-refractivity contribution in [2.75, 3.05) is 11.1 Å². The van der Waals surface area contributed by atoms with Gasteiger partial charge in [0.15, 0.2) is 0 Å². The molecule has 0 radical (unpaired) electrons. The molecule has 0 saturated carbocycles. The van der Waals surface area contributed by atoms with E-state index in [2.05, 4.69) is 14.9 Å². The van der Waals surface area contributed by atoms with Crippen molar-refractivity contribution in [2.45, 2.75) is 6.92 Å². The quantitative estimate of drug-likeness (QED) is 0.775. The highest BCUT2D eigenvalue weighted by atomic mass is 32.1. The largest absolute Gasteiger partial charge is 0.399 e. The van der Waals surface area contributed by atoms with Gasteiger partial charge in [0.1, 0.15) is 4.88 Å². The first kappa shape index (κ1) is 10.6. The smallest absolute Gasteiger partial charge is 0.269 e. The molecule has 1 heterocycles. The predicted molar refractivity (Wildman–Crippen MR) is 63.5 cm³/mol. The van der Waals surface area contributed by atoms with Crippen molar-refractivity contribution < 1.29 is 4.79 Å². The number of aromatic nitrogens is 2. The van der Waals surface area contributed by atoms with Gasteiger partial charge in [-0.1, -0.05) is 10.6 Å². The Morgan fingerprint density at radius 1 is 1.50 bits per heavy atom. The fourth-order valence-corrected chi connectivity index (χ4v) is 1.80. The van der Waals surface area contributed by atoms with Gasteiger partial charge >= 0.3 is 0 Å². The monoisotopic (exact) mass is 234 g/mol. The fraction of sp³-hybridized carbons (Fsp3) is 0.100. The van der Waals surface area contributed by atoms with Crippen molar-refractivity contribution in [1.82, 2.24) is 9.59 Å². The van der Waals surface area contributed by atoms with Crippen LogP contribution < -0.4 is 11.1 Å². The standard InChI is InChI=1S/C10H10N4OS/c1-6-9(16-14-13-6)10(15)12-8-4-2-3-7(11)5-8/h2-5H,11H2,1H3,(H,12,15). The highest BCUT2D eigenvalue weighted by Gasteiger charge is 2.12. The summed E-state index contributed by atoms with van der Waals surface area (Å²) in [5.41, 5.74) is 7.51. The van der Waals surface area contributed by atoms with Crippen LogP contribution in [0.2, 0.25) is 0 Å². The number of aryl methyl sites for hydroxylation is 1. The molecule has 1 amide bonds. The van der Waals surface area contributed by atoms with E-state index in [1.165, 1.54) is 0 Å². The lowest BCUT2D eigenvalue weighted by molar-refractivity contribution is 0.103. The van der Waals surface area contributed by atoms with E-state index in [9.17, 15) is 4.79 Å². The number of amides is 1. The second-order valence-corrected chi connectivity index (χ2v) is 4.02. The Morgan fingerprint density at radius 3 is 2.94 bits per heavy atom. The minimum atomic E-state index is -0.210. The maximum absolute atomic E-state index is 11.8. The minimum absolute atomic E-state index is 0.210. The predicted octanol–water partition coefficient (Wildman–Crippen LogP) is 1.68. The Labute approximate surface area is 96.5 Å². The molecule has 0 bridgehead atoms. The van der Waals surface area contributed by atoms with Gasteiger partial charge in [-0.25, -0.2) is 0 Å². The fourth-order valence-electron chi connectivity index (χ4n) is 1.24. The molecule has 0 unspecified atom stereocenters. The highest BCUT2D eigenvalue weighted by Crippen LogP contribution is 2.15. The van der Waals surface area contributed by atoms with Crippen LogP contribution in [0.15, 0.2) is 24.3 Å². The van der Waals surface area contributed by atoms with Crippen LogP contribution in [-0.4, -0.2) is 15.5 Å². The third-order valence-electron chi connectivity index (χ3n) is 2.00. The van der Waals surface area contributed by atoms with Crippen LogP contribution in [0.1, 0.15) is 15.4 Å². The second-order valence-electron chi connectivity index (χ2n) is 3.27. The molecule has 3 N–H and O–H groups in total. The van der Waals surface area contributed by atoms with Crippen molar-refractivity contribution in [3.05, 3.63) is 34.8 Å². The number of benzene rings is 1. The number of carbonyl (C=O) groups is 1. The lowest BCUT2D eigenvalue weighted by Gasteiger charge is -2.03. The number of hydrogen-bond donors (Lipinski definition) is 2. The zero-order valence-corrected chi connectivity index (χ0v) is 9.41. The molecule has 0 spiro atoms.